The van der Waals surface area contributed by atoms with E-state index < -0.39 is 0 Å². The van der Waals surface area contributed by atoms with Crippen molar-refractivity contribution in [3.8, 4) is 9.88 Å². The molecule has 0 radical (unpaired) electrons. The lowest BCUT2D eigenvalue weighted by Gasteiger charge is -2.03. The number of aromatic nitrogens is 3. The Bertz CT molecular complexity index is 516. The van der Waals surface area contributed by atoms with E-state index in [1.54, 1.807) is 22.7 Å². The molecule has 2 aromatic heterocycles. The van der Waals surface area contributed by atoms with Gasteiger partial charge < -0.3 is 5.32 Å². The monoisotopic (exact) mass is 282 g/mol. The summed E-state index contributed by atoms with van der Waals surface area (Å²) in [6, 6.07) is 0.379. The number of nitrogens with one attached hydrogen (secondary N) is 1. The number of thiazole rings is 1. The second-order valence-electron chi connectivity index (χ2n) is 4.30. The summed E-state index contributed by atoms with van der Waals surface area (Å²) in [4.78, 5) is 5.81. The summed E-state index contributed by atoms with van der Waals surface area (Å²) in [5, 5.41) is 14.8. The summed E-state index contributed by atoms with van der Waals surface area (Å²) in [5.74, 6) is 0. The van der Waals surface area contributed by atoms with Crippen LogP contribution in [0.15, 0.2) is 0 Å². The molecule has 0 saturated heterocycles. The standard InChI is InChI=1S/C12H18N4S2/c1-5-8-10(17-9(6-2)14-8)11-15-16-12(18-11)13-7(3)4/h7H,5-6H2,1-4H3,(H,13,16). The van der Waals surface area contributed by atoms with Gasteiger partial charge in [0.05, 0.1) is 15.6 Å². The van der Waals surface area contributed by atoms with E-state index >= 15 is 0 Å². The van der Waals surface area contributed by atoms with Gasteiger partial charge in [-0.05, 0) is 26.7 Å². The molecule has 18 heavy (non-hydrogen) atoms. The van der Waals surface area contributed by atoms with Gasteiger partial charge in [-0.1, -0.05) is 25.2 Å². The predicted octanol–water partition coefficient (Wildman–Crippen LogP) is 3.61. The van der Waals surface area contributed by atoms with E-state index in [-0.39, 0.29) is 0 Å². The first-order valence-corrected chi connectivity index (χ1v) is 7.86. The van der Waals surface area contributed by atoms with Crippen molar-refractivity contribution in [2.45, 2.75) is 46.6 Å². The van der Waals surface area contributed by atoms with Crippen molar-refractivity contribution in [2.24, 2.45) is 0 Å². The molecule has 0 amide bonds. The van der Waals surface area contributed by atoms with Gasteiger partial charge in [0.25, 0.3) is 0 Å². The fourth-order valence-electron chi connectivity index (χ4n) is 1.58. The maximum Gasteiger partial charge on any atom is 0.206 e. The lowest BCUT2D eigenvalue weighted by atomic mass is 10.3. The Morgan fingerprint density at radius 2 is 1.89 bits per heavy atom. The Morgan fingerprint density at radius 3 is 2.50 bits per heavy atom. The molecule has 1 N–H and O–H groups in total. The van der Waals surface area contributed by atoms with Crippen LogP contribution in [0, 0.1) is 0 Å². The highest BCUT2D eigenvalue weighted by molar-refractivity contribution is 7.23. The average molecular weight is 282 g/mol. The van der Waals surface area contributed by atoms with Crippen LogP contribution < -0.4 is 5.32 Å². The first-order chi connectivity index (χ1) is 8.63. The summed E-state index contributed by atoms with van der Waals surface area (Å²) in [5.41, 5.74) is 1.14. The van der Waals surface area contributed by atoms with E-state index in [1.165, 1.54) is 9.88 Å². The summed E-state index contributed by atoms with van der Waals surface area (Å²) >= 11 is 3.34. The highest BCUT2D eigenvalue weighted by Crippen LogP contribution is 2.34. The van der Waals surface area contributed by atoms with Gasteiger partial charge in [0.1, 0.15) is 0 Å². The van der Waals surface area contributed by atoms with Crippen LogP contribution in [-0.4, -0.2) is 21.2 Å². The minimum Gasteiger partial charge on any atom is -0.358 e. The SMILES string of the molecule is CCc1nc(CC)c(-c2nnc(NC(C)C)s2)s1. The summed E-state index contributed by atoms with van der Waals surface area (Å²) in [6.07, 6.45) is 1.92. The summed E-state index contributed by atoms with van der Waals surface area (Å²) in [7, 11) is 0. The molecule has 0 spiro atoms. The first kappa shape index (κ1) is 13.4. The van der Waals surface area contributed by atoms with Gasteiger partial charge in [0, 0.05) is 6.04 Å². The van der Waals surface area contributed by atoms with E-state index in [4.69, 9.17) is 0 Å². The molecule has 0 bridgehead atoms. The zero-order valence-corrected chi connectivity index (χ0v) is 12.8. The molecule has 6 heteroatoms. The Hall–Kier alpha value is -1.01. The minimum atomic E-state index is 0.379. The van der Waals surface area contributed by atoms with Gasteiger partial charge in [-0.2, -0.15) is 0 Å². The molecule has 0 atom stereocenters. The second kappa shape index (κ2) is 5.75. The Morgan fingerprint density at radius 1 is 1.11 bits per heavy atom. The molecule has 0 aliphatic rings. The molecule has 0 aliphatic carbocycles. The van der Waals surface area contributed by atoms with Crippen LogP contribution in [0.25, 0.3) is 9.88 Å². The molecule has 2 aromatic rings. The maximum atomic E-state index is 4.63. The Kier molecular flexibility index (Phi) is 4.29. The van der Waals surface area contributed by atoms with Gasteiger partial charge in [0.2, 0.25) is 5.13 Å². The van der Waals surface area contributed by atoms with Gasteiger partial charge in [0.15, 0.2) is 5.01 Å². The lowest BCUT2D eigenvalue weighted by Crippen LogP contribution is -2.08. The van der Waals surface area contributed by atoms with Crippen LogP contribution in [-0.2, 0) is 12.8 Å². The molecule has 0 saturated carbocycles. The third-order valence-electron chi connectivity index (χ3n) is 2.41. The lowest BCUT2D eigenvalue weighted by molar-refractivity contribution is 0.888. The first-order valence-electron chi connectivity index (χ1n) is 6.23. The molecule has 0 aromatic carbocycles. The maximum absolute atomic E-state index is 4.63. The molecule has 0 aliphatic heterocycles. The van der Waals surface area contributed by atoms with Crippen molar-refractivity contribution >= 4 is 27.8 Å². The molecule has 2 rings (SSSR count). The van der Waals surface area contributed by atoms with E-state index in [1.807, 2.05) is 0 Å². The van der Waals surface area contributed by atoms with Crippen LogP contribution >= 0.6 is 22.7 Å². The highest BCUT2D eigenvalue weighted by atomic mass is 32.1. The number of aryl methyl sites for hydroxylation is 2. The third kappa shape index (κ3) is 2.87. The predicted molar refractivity (Wildman–Crippen MR) is 78.5 cm³/mol. The molecular weight excluding hydrogens is 264 g/mol. The van der Waals surface area contributed by atoms with Crippen molar-refractivity contribution in [1.29, 1.82) is 0 Å². The van der Waals surface area contributed by atoms with E-state index in [0.29, 0.717) is 6.04 Å². The van der Waals surface area contributed by atoms with E-state index in [9.17, 15) is 0 Å². The molecule has 4 nitrogen and oxygen atoms in total. The minimum absolute atomic E-state index is 0.379. The van der Waals surface area contributed by atoms with Crippen LogP contribution in [0.2, 0.25) is 0 Å². The van der Waals surface area contributed by atoms with Crippen LogP contribution in [0.5, 0.6) is 0 Å². The van der Waals surface area contributed by atoms with Crippen molar-refractivity contribution in [2.75, 3.05) is 5.32 Å². The van der Waals surface area contributed by atoms with Crippen LogP contribution in [0.3, 0.4) is 0 Å². The number of nitrogens with zero attached hydrogens (tertiary/aromatic N) is 3. The van der Waals surface area contributed by atoms with Crippen molar-refractivity contribution < 1.29 is 0 Å². The fraction of sp³-hybridized carbons (Fsp3) is 0.583. The Labute approximate surface area is 116 Å². The zero-order chi connectivity index (χ0) is 13.1. The number of anilines is 1. The van der Waals surface area contributed by atoms with Gasteiger partial charge in [-0.3, -0.25) is 0 Å². The normalized spacial score (nSPS) is 11.2. The van der Waals surface area contributed by atoms with Crippen molar-refractivity contribution in [3.05, 3.63) is 10.7 Å². The van der Waals surface area contributed by atoms with E-state index in [2.05, 4.69) is 48.2 Å². The topological polar surface area (TPSA) is 50.7 Å². The summed E-state index contributed by atoms with van der Waals surface area (Å²) < 4.78 is 0. The summed E-state index contributed by atoms with van der Waals surface area (Å²) in [6.45, 7) is 8.46. The second-order valence-corrected chi connectivity index (χ2v) is 6.36. The molecule has 98 valence electrons. The van der Waals surface area contributed by atoms with Gasteiger partial charge in [-0.25, -0.2) is 4.98 Å². The van der Waals surface area contributed by atoms with Crippen molar-refractivity contribution in [1.82, 2.24) is 15.2 Å². The quantitative estimate of drug-likeness (QED) is 0.910. The van der Waals surface area contributed by atoms with Crippen LogP contribution in [0.1, 0.15) is 38.4 Å². The number of hydrogen-bond donors (Lipinski definition) is 1. The molecule has 0 unspecified atom stereocenters. The molecule has 2 heterocycles. The smallest absolute Gasteiger partial charge is 0.206 e. The third-order valence-corrected chi connectivity index (χ3v) is 4.66. The number of rotatable bonds is 5. The number of hydrogen-bond acceptors (Lipinski definition) is 6. The Balaban J connectivity index is 2.30. The largest absolute Gasteiger partial charge is 0.358 e. The van der Waals surface area contributed by atoms with Gasteiger partial charge >= 0.3 is 0 Å². The fourth-order valence-corrected chi connectivity index (χ4v) is 3.65. The van der Waals surface area contributed by atoms with Crippen molar-refractivity contribution in [3.63, 3.8) is 0 Å². The average Bonchev–Trinajstić information content (AvgIpc) is 2.93. The van der Waals surface area contributed by atoms with Gasteiger partial charge in [-0.15, -0.1) is 21.5 Å². The molecular formula is C12H18N4S2. The van der Waals surface area contributed by atoms with E-state index in [0.717, 1.165) is 28.7 Å². The van der Waals surface area contributed by atoms with Crippen LogP contribution in [0.4, 0.5) is 5.13 Å². The highest BCUT2D eigenvalue weighted by Gasteiger charge is 2.15. The molecule has 0 fully saturated rings. The zero-order valence-electron chi connectivity index (χ0n) is 11.1.